The molecule has 7 heteroatoms. The van der Waals surface area contributed by atoms with Crippen molar-refractivity contribution in [2.75, 3.05) is 10.6 Å². The molecule has 3 rings (SSSR count). The SMILES string of the molecule is Cc1cccc(C(=O)Nc2ccc(NC(=O)/C=C/c3cccc([N+](=O)[O-])c3)cc2)c1. The molecular weight excluding hydrogens is 382 g/mol. The van der Waals surface area contributed by atoms with E-state index in [9.17, 15) is 19.7 Å². The largest absolute Gasteiger partial charge is 0.323 e. The zero-order valence-corrected chi connectivity index (χ0v) is 16.2. The van der Waals surface area contributed by atoms with Crippen LogP contribution < -0.4 is 10.6 Å². The zero-order valence-electron chi connectivity index (χ0n) is 16.2. The Morgan fingerprint density at radius 2 is 1.57 bits per heavy atom. The molecular formula is C23H19N3O4. The van der Waals surface area contributed by atoms with Crippen molar-refractivity contribution in [2.24, 2.45) is 0 Å². The van der Waals surface area contributed by atoms with E-state index in [-0.39, 0.29) is 17.5 Å². The highest BCUT2D eigenvalue weighted by Gasteiger charge is 2.07. The van der Waals surface area contributed by atoms with E-state index in [4.69, 9.17) is 0 Å². The number of hydrogen-bond acceptors (Lipinski definition) is 4. The number of non-ortho nitro benzene ring substituents is 1. The van der Waals surface area contributed by atoms with Crippen molar-refractivity contribution >= 4 is 35.0 Å². The van der Waals surface area contributed by atoms with E-state index >= 15 is 0 Å². The lowest BCUT2D eigenvalue weighted by Crippen LogP contribution is -2.12. The van der Waals surface area contributed by atoms with E-state index in [0.717, 1.165) is 5.56 Å². The first-order valence-electron chi connectivity index (χ1n) is 9.12. The smallest absolute Gasteiger partial charge is 0.270 e. The van der Waals surface area contributed by atoms with Gasteiger partial charge in [0.05, 0.1) is 4.92 Å². The molecule has 7 nitrogen and oxygen atoms in total. The Balaban J connectivity index is 1.58. The molecule has 0 spiro atoms. The van der Waals surface area contributed by atoms with E-state index in [1.54, 1.807) is 48.5 Å². The van der Waals surface area contributed by atoms with Crippen molar-refractivity contribution in [3.05, 3.63) is 106 Å². The Bertz CT molecular complexity index is 1120. The van der Waals surface area contributed by atoms with Crippen LogP contribution in [-0.4, -0.2) is 16.7 Å². The number of amides is 2. The molecule has 2 N–H and O–H groups in total. The summed E-state index contributed by atoms with van der Waals surface area (Å²) in [5, 5.41) is 16.3. The van der Waals surface area contributed by atoms with Crippen LogP contribution in [0.1, 0.15) is 21.5 Å². The number of carbonyl (C=O) groups excluding carboxylic acids is 2. The summed E-state index contributed by atoms with van der Waals surface area (Å²) in [5.74, 6) is -0.589. The first-order chi connectivity index (χ1) is 14.4. The van der Waals surface area contributed by atoms with Gasteiger partial charge in [0.25, 0.3) is 11.6 Å². The van der Waals surface area contributed by atoms with E-state index in [2.05, 4.69) is 10.6 Å². The van der Waals surface area contributed by atoms with Crippen LogP contribution in [0.4, 0.5) is 17.1 Å². The lowest BCUT2D eigenvalue weighted by Gasteiger charge is -2.07. The number of nitrogens with zero attached hydrogens (tertiary/aromatic N) is 1. The molecule has 0 aliphatic carbocycles. The van der Waals surface area contributed by atoms with Gasteiger partial charge in [0.2, 0.25) is 5.91 Å². The highest BCUT2D eigenvalue weighted by Crippen LogP contribution is 2.16. The van der Waals surface area contributed by atoms with Crippen LogP contribution in [0.5, 0.6) is 0 Å². The molecule has 0 bridgehead atoms. The minimum absolute atomic E-state index is 0.0409. The van der Waals surface area contributed by atoms with E-state index in [0.29, 0.717) is 22.5 Å². The number of carbonyl (C=O) groups is 2. The maximum Gasteiger partial charge on any atom is 0.270 e. The first kappa shape index (κ1) is 20.5. The summed E-state index contributed by atoms with van der Waals surface area (Å²) >= 11 is 0. The highest BCUT2D eigenvalue weighted by atomic mass is 16.6. The van der Waals surface area contributed by atoms with Crippen molar-refractivity contribution in [3.63, 3.8) is 0 Å². The van der Waals surface area contributed by atoms with E-state index in [1.165, 1.54) is 24.3 Å². The normalized spacial score (nSPS) is 10.6. The fourth-order valence-corrected chi connectivity index (χ4v) is 2.72. The van der Waals surface area contributed by atoms with Gasteiger partial charge in [0.1, 0.15) is 0 Å². The number of nitro groups is 1. The Morgan fingerprint density at radius 3 is 2.23 bits per heavy atom. The Hall–Kier alpha value is -4.26. The second-order valence-electron chi connectivity index (χ2n) is 6.58. The molecule has 0 saturated carbocycles. The molecule has 0 saturated heterocycles. The lowest BCUT2D eigenvalue weighted by atomic mass is 10.1. The summed E-state index contributed by atoms with van der Waals surface area (Å²) in [4.78, 5) is 34.7. The number of anilines is 2. The Labute approximate surface area is 173 Å². The quantitative estimate of drug-likeness (QED) is 0.352. The monoisotopic (exact) mass is 401 g/mol. The van der Waals surface area contributed by atoms with Gasteiger partial charge in [-0.3, -0.25) is 19.7 Å². The number of benzene rings is 3. The summed E-state index contributed by atoms with van der Waals surface area (Å²) < 4.78 is 0. The van der Waals surface area contributed by atoms with Gasteiger partial charge in [-0.15, -0.1) is 0 Å². The summed E-state index contributed by atoms with van der Waals surface area (Å²) in [7, 11) is 0. The van der Waals surface area contributed by atoms with E-state index in [1.807, 2.05) is 19.1 Å². The van der Waals surface area contributed by atoms with Gasteiger partial charge in [-0.1, -0.05) is 29.8 Å². The second kappa shape index (κ2) is 9.29. The minimum atomic E-state index is -0.489. The van der Waals surface area contributed by atoms with Crippen molar-refractivity contribution in [3.8, 4) is 0 Å². The average molecular weight is 401 g/mol. The molecule has 3 aromatic carbocycles. The maximum atomic E-state index is 12.3. The molecule has 30 heavy (non-hydrogen) atoms. The summed E-state index contributed by atoms with van der Waals surface area (Å²) in [5.41, 5.74) is 3.23. The number of hydrogen-bond donors (Lipinski definition) is 2. The second-order valence-corrected chi connectivity index (χ2v) is 6.58. The number of rotatable bonds is 6. The van der Waals surface area contributed by atoms with Gasteiger partial charge in [0.15, 0.2) is 0 Å². The molecule has 0 radical (unpaired) electrons. The van der Waals surface area contributed by atoms with Crippen LogP contribution in [0.25, 0.3) is 6.08 Å². The van der Waals surface area contributed by atoms with Crippen molar-refractivity contribution in [1.82, 2.24) is 0 Å². The first-order valence-corrected chi connectivity index (χ1v) is 9.12. The van der Waals surface area contributed by atoms with Gasteiger partial charge >= 0.3 is 0 Å². The molecule has 2 amide bonds. The topological polar surface area (TPSA) is 101 Å². The van der Waals surface area contributed by atoms with Crippen LogP contribution in [0.3, 0.4) is 0 Å². The van der Waals surface area contributed by atoms with Gasteiger partial charge in [-0.2, -0.15) is 0 Å². The van der Waals surface area contributed by atoms with Crippen molar-refractivity contribution in [2.45, 2.75) is 6.92 Å². The lowest BCUT2D eigenvalue weighted by molar-refractivity contribution is -0.384. The van der Waals surface area contributed by atoms with Gasteiger partial charge in [0, 0.05) is 35.1 Å². The minimum Gasteiger partial charge on any atom is -0.323 e. The number of nitrogens with one attached hydrogen (secondary N) is 2. The molecule has 0 fully saturated rings. The average Bonchev–Trinajstić information content (AvgIpc) is 2.74. The van der Waals surface area contributed by atoms with Crippen LogP contribution >= 0.6 is 0 Å². The van der Waals surface area contributed by atoms with Gasteiger partial charge in [-0.05, 0) is 55.0 Å². The number of aryl methyl sites for hydroxylation is 1. The molecule has 150 valence electrons. The highest BCUT2D eigenvalue weighted by molar-refractivity contribution is 6.05. The Morgan fingerprint density at radius 1 is 0.900 bits per heavy atom. The summed E-state index contributed by atoms with van der Waals surface area (Å²) in [6.45, 7) is 1.92. The predicted octanol–water partition coefficient (Wildman–Crippen LogP) is 4.81. The Kier molecular flexibility index (Phi) is 6.34. The van der Waals surface area contributed by atoms with Crippen molar-refractivity contribution in [1.29, 1.82) is 0 Å². The predicted molar refractivity (Wildman–Crippen MR) is 116 cm³/mol. The third-order valence-corrected chi connectivity index (χ3v) is 4.20. The van der Waals surface area contributed by atoms with Crippen LogP contribution in [0.2, 0.25) is 0 Å². The number of nitro benzene ring substituents is 1. The third kappa shape index (κ3) is 5.62. The van der Waals surface area contributed by atoms with Crippen LogP contribution in [0.15, 0.2) is 78.9 Å². The fourth-order valence-electron chi connectivity index (χ4n) is 2.72. The molecule has 3 aromatic rings. The maximum absolute atomic E-state index is 12.3. The molecule has 0 aliphatic rings. The van der Waals surface area contributed by atoms with Crippen molar-refractivity contribution < 1.29 is 14.5 Å². The van der Waals surface area contributed by atoms with E-state index < -0.39 is 4.92 Å². The van der Waals surface area contributed by atoms with Crippen LogP contribution in [0, 0.1) is 17.0 Å². The molecule has 0 atom stereocenters. The molecule has 0 unspecified atom stereocenters. The standard InChI is InChI=1S/C23H19N3O4/c1-16-4-2-6-18(14-16)23(28)25-20-11-9-19(10-12-20)24-22(27)13-8-17-5-3-7-21(15-17)26(29)30/h2-15H,1H3,(H,24,27)(H,25,28)/b13-8+. The zero-order chi connectivity index (χ0) is 21.5. The molecule has 0 heterocycles. The molecule has 0 aromatic heterocycles. The summed E-state index contributed by atoms with van der Waals surface area (Å²) in [6.07, 6.45) is 2.80. The summed E-state index contributed by atoms with van der Waals surface area (Å²) in [6, 6.07) is 20.0. The van der Waals surface area contributed by atoms with Gasteiger partial charge < -0.3 is 10.6 Å². The fraction of sp³-hybridized carbons (Fsp3) is 0.0435. The molecule has 0 aliphatic heterocycles. The van der Waals surface area contributed by atoms with Crippen LogP contribution in [-0.2, 0) is 4.79 Å². The third-order valence-electron chi connectivity index (χ3n) is 4.20. The van der Waals surface area contributed by atoms with Gasteiger partial charge in [-0.25, -0.2) is 0 Å².